The van der Waals surface area contributed by atoms with Gasteiger partial charge >= 0.3 is 0 Å². The second-order valence-electron chi connectivity index (χ2n) is 9.35. The van der Waals surface area contributed by atoms with Crippen molar-refractivity contribution in [3.63, 3.8) is 0 Å². The van der Waals surface area contributed by atoms with Gasteiger partial charge < -0.3 is 4.90 Å². The molecule has 7 heteroatoms. The van der Waals surface area contributed by atoms with Gasteiger partial charge in [0.1, 0.15) is 5.01 Å². The molecule has 0 radical (unpaired) electrons. The third kappa shape index (κ3) is 4.62. The molecule has 0 aromatic carbocycles. The molecule has 0 saturated heterocycles. The third-order valence-corrected chi connectivity index (χ3v) is 7.71. The van der Waals surface area contributed by atoms with Gasteiger partial charge in [0.2, 0.25) is 0 Å². The van der Waals surface area contributed by atoms with Crippen LogP contribution in [0, 0.1) is 12.8 Å². The van der Waals surface area contributed by atoms with Crippen LogP contribution < -0.4 is 0 Å². The minimum absolute atomic E-state index is 0.0347. The molecule has 1 unspecified atom stereocenters. The Morgan fingerprint density at radius 2 is 1.97 bits per heavy atom. The summed E-state index contributed by atoms with van der Waals surface area (Å²) in [5, 5.41) is 8.17. The largest absolute Gasteiger partial charge is 0.343 e. The number of carbonyl (C=O) groups is 1. The van der Waals surface area contributed by atoms with Crippen LogP contribution in [0.3, 0.4) is 0 Å². The quantitative estimate of drug-likeness (QED) is 0.698. The Morgan fingerprint density at radius 3 is 2.63 bits per heavy atom. The van der Waals surface area contributed by atoms with Crippen LogP contribution in [0.2, 0.25) is 0 Å². The molecule has 1 atom stereocenters. The van der Waals surface area contributed by atoms with E-state index in [0.29, 0.717) is 17.7 Å². The number of aryl methyl sites for hydroxylation is 1. The van der Waals surface area contributed by atoms with Crippen LogP contribution in [0.1, 0.15) is 71.0 Å². The van der Waals surface area contributed by atoms with Crippen LogP contribution in [0.5, 0.6) is 0 Å². The van der Waals surface area contributed by atoms with Crippen LogP contribution in [0.25, 0.3) is 0 Å². The first kappa shape index (κ1) is 21.5. The Balaban J connectivity index is 1.55. The number of rotatable bonds is 6. The number of hydrogen-bond donors (Lipinski definition) is 0. The minimum Gasteiger partial charge on any atom is -0.343 e. The highest BCUT2D eigenvalue weighted by molar-refractivity contribution is 7.09. The maximum Gasteiger partial charge on any atom is 0.274 e. The van der Waals surface area contributed by atoms with Gasteiger partial charge in [-0.25, -0.2) is 4.98 Å². The van der Waals surface area contributed by atoms with Crippen molar-refractivity contribution in [1.82, 2.24) is 24.6 Å². The molecule has 1 fully saturated rings. The van der Waals surface area contributed by atoms with Gasteiger partial charge in [0.15, 0.2) is 5.69 Å². The predicted molar refractivity (Wildman–Crippen MR) is 121 cm³/mol. The SMILES string of the molecule is Cc1csc(CN(C)C2CCc3c(c(C(=O)N(C)C)nn3CC3CCCCC3)C2)n1. The number of hydrogen-bond acceptors (Lipinski definition) is 5. The van der Waals surface area contributed by atoms with Crippen LogP contribution in [0.15, 0.2) is 5.38 Å². The van der Waals surface area contributed by atoms with Gasteiger partial charge in [0.05, 0.1) is 6.54 Å². The Kier molecular flexibility index (Phi) is 6.58. The number of carbonyl (C=O) groups excluding carboxylic acids is 1. The zero-order valence-corrected chi connectivity index (χ0v) is 19.7. The molecule has 0 N–H and O–H groups in total. The summed E-state index contributed by atoms with van der Waals surface area (Å²) in [6.07, 6.45) is 9.64. The molecular formula is C23H35N5OS. The topological polar surface area (TPSA) is 54.3 Å². The van der Waals surface area contributed by atoms with E-state index in [9.17, 15) is 4.79 Å². The number of fused-ring (bicyclic) bond motifs is 1. The summed E-state index contributed by atoms with van der Waals surface area (Å²) in [5.41, 5.74) is 4.26. The van der Waals surface area contributed by atoms with Crippen molar-refractivity contribution in [2.75, 3.05) is 21.1 Å². The Hall–Kier alpha value is -1.73. The maximum absolute atomic E-state index is 12.9. The van der Waals surface area contributed by atoms with Crippen LogP contribution in [-0.4, -0.2) is 57.7 Å². The minimum atomic E-state index is 0.0347. The predicted octanol–water partition coefficient (Wildman–Crippen LogP) is 3.92. The summed E-state index contributed by atoms with van der Waals surface area (Å²) in [5.74, 6) is 0.742. The summed E-state index contributed by atoms with van der Waals surface area (Å²) >= 11 is 1.73. The fraction of sp³-hybridized carbons (Fsp3) is 0.696. The first-order valence-corrected chi connectivity index (χ1v) is 12.2. The smallest absolute Gasteiger partial charge is 0.274 e. The zero-order valence-electron chi connectivity index (χ0n) is 18.9. The molecule has 4 rings (SSSR count). The highest BCUT2D eigenvalue weighted by Gasteiger charge is 2.32. The molecule has 0 aliphatic heterocycles. The number of amides is 1. The maximum atomic E-state index is 12.9. The molecule has 0 spiro atoms. The standard InChI is InChI=1S/C23H35N5OS/c1-16-15-30-21(24-16)14-27(4)18-10-11-20-19(12-18)22(23(29)26(2)3)25-28(20)13-17-8-6-5-7-9-17/h15,17-18H,5-14H2,1-4H3. The number of nitrogens with zero attached hydrogens (tertiary/aromatic N) is 5. The molecule has 6 nitrogen and oxygen atoms in total. The van der Waals surface area contributed by atoms with E-state index >= 15 is 0 Å². The Labute approximate surface area is 184 Å². The molecule has 2 aliphatic carbocycles. The lowest BCUT2D eigenvalue weighted by molar-refractivity contribution is 0.0819. The van der Waals surface area contributed by atoms with Crippen molar-refractivity contribution in [2.24, 2.45) is 5.92 Å². The van der Waals surface area contributed by atoms with E-state index in [1.165, 1.54) is 48.4 Å². The second-order valence-corrected chi connectivity index (χ2v) is 10.3. The van der Waals surface area contributed by atoms with Crippen LogP contribution >= 0.6 is 11.3 Å². The van der Waals surface area contributed by atoms with E-state index in [2.05, 4.69) is 27.0 Å². The Bertz CT molecular complexity index is 880. The van der Waals surface area contributed by atoms with Gasteiger partial charge in [0.25, 0.3) is 5.91 Å². The molecule has 2 aromatic rings. The van der Waals surface area contributed by atoms with Crippen molar-refractivity contribution in [3.8, 4) is 0 Å². The lowest BCUT2D eigenvalue weighted by atomic mass is 9.88. The molecule has 2 aliphatic rings. The summed E-state index contributed by atoms with van der Waals surface area (Å²) in [6.45, 7) is 3.89. The first-order chi connectivity index (χ1) is 14.4. The van der Waals surface area contributed by atoms with Crippen molar-refractivity contribution < 1.29 is 4.79 Å². The highest BCUT2D eigenvalue weighted by atomic mass is 32.1. The molecule has 164 valence electrons. The van der Waals surface area contributed by atoms with E-state index in [1.807, 2.05) is 21.0 Å². The van der Waals surface area contributed by atoms with Crippen molar-refractivity contribution in [2.45, 2.75) is 77.4 Å². The lowest BCUT2D eigenvalue weighted by Crippen LogP contribution is -2.37. The van der Waals surface area contributed by atoms with Crippen LogP contribution in [0.4, 0.5) is 0 Å². The van der Waals surface area contributed by atoms with E-state index < -0.39 is 0 Å². The molecule has 30 heavy (non-hydrogen) atoms. The molecule has 0 bridgehead atoms. The number of thiazole rings is 1. The van der Waals surface area contributed by atoms with E-state index in [4.69, 9.17) is 5.10 Å². The summed E-state index contributed by atoms with van der Waals surface area (Å²) < 4.78 is 2.20. The second kappa shape index (κ2) is 9.18. The molecule has 2 aromatic heterocycles. The average molecular weight is 430 g/mol. The van der Waals surface area contributed by atoms with Gasteiger partial charge in [-0.05, 0) is 52.0 Å². The average Bonchev–Trinajstić information content (AvgIpc) is 3.31. The van der Waals surface area contributed by atoms with Crippen molar-refractivity contribution in [3.05, 3.63) is 33.0 Å². The summed E-state index contributed by atoms with van der Waals surface area (Å²) in [4.78, 5) is 21.6. The number of aromatic nitrogens is 3. The van der Waals surface area contributed by atoms with E-state index in [1.54, 1.807) is 16.2 Å². The fourth-order valence-corrected chi connectivity index (χ4v) is 5.85. The van der Waals surface area contributed by atoms with Crippen molar-refractivity contribution >= 4 is 17.2 Å². The zero-order chi connectivity index (χ0) is 21.3. The number of likely N-dealkylation sites (N-methyl/N-ethyl adjacent to an activating group) is 1. The monoisotopic (exact) mass is 429 g/mol. The Morgan fingerprint density at radius 1 is 1.20 bits per heavy atom. The fourth-order valence-electron chi connectivity index (χ4n) is 5.01. The van der Waals surface area contributed by atoms with E-state index in [0.717, 1.165) is 38.0 Å². The first-order valence-electron chi connectivity index (χ1n) is 11.3. The molecule has 1 amide bonds. The summed E-state index contributed by atoms with van der Waals surface area (Å²) in [7, 11) is 5.84. The van der Waals surface area contributed by atoms with E-state index in [-0.39, 0.29) is 5.91 Å². The molecular weight excluding hydrogens is 394 g/mol. The lowest BCUT2D eigenvalue weighted by Gasteiger charge is -2.31. The molecule has 1 saturated carbocycles. The third-order valence-electron chi connectivity index (χ3n) is 6.76. The highest BCUT2D eigenvalue weighted by Crippen LogP contribution is 2.31. The normalized spacial score (nSPS) is 19.8. The summed E-state index contributed by atoms with van der Waals surface area (Å²) in [6, 6.07) is 0.419. The van der Waals surface area contributed by atoms with Crippen LogP contribution in [-0.2, 0) is 25.9 Å². The van der Waals surface area contributed by atoms with Crippen molar-refractivity contribution in [1.29, 1.82) is 0 Å². The van der Waals surface area contributed by atoms with Gasteiger partial charge in [-0.3, -0.25) is 14.4 Å². The van der Waals surface area contributed by atoms with Gasteiger partial charge in [-0.2, -0.15) is 5.10 Å². The molecule has 2 heterocycles. The van der Waals surface area contributed by atoms with Gasteiger partial charge in [-0.1, -0.05) is 19.3 Å². The van der Waals surface area contributed by atoms with Gasteiger partial charge in [0, 0.05) is 49.0 Å². The van der Waals surface area contributed by atoms with Gasteiger partial charge in [-0.15, -0.1) is 11.3 Å².